The molecule has 36 heavy (non-hydrogen) atoms. The maximum Gasteiger partial charge on any atom is 0.407 e. The maximum atomic E-state index is 14.1. The summed E-state index contributed by atoms with van der Waals surface area (Å²) in [6.07, 6.45) is 0.216. The molecule has 184 valence electrons. The predicted octanol–water partition coefficient (Wildman–Crippen LogP) is 4.01. The van der Waals surface area contributed by atoms with E-state index in [9.17, 15) is 22.9 Å². The lowest BCUT2D eigenvalue weighted by Gasteiger charge is -2.37. The van der Waals surface area contributed by atoms with Crippen molar-refractivity contribution in [3.8, 4) is 28.3 Å². The summed E-state index contributed by atoms with van der Waals surface area (Å²) in [6.45, 7) is 0.446. The molecule has 2 heterocycles. The number of nitrogens with zero attached hydrogens (tertiary/aromatic N) is 2. The first-order valence-corrected chi connectivity index (χ1v) is 12.4. The van der Waals surface area contributed by atoms with Crippen LogP contribution in [0.15, 0.2) is 64.3 Å². The van der Waals surface area contributed by atoms with Crippen molar-refractivity contribution in [2.75, 3.05) is 19.3 Å². The van der Waals surface area contributed by atoms with Gasteiger partial charge < -0.3 is 24.3 Å². The van der Waals surface area contributed by atoms with E-state index in [0.29, 0.717) is 27.8 Å². The number of likely N-dealkylation sites (tertiary alicyclic amines) is 1. The standard InChI is InChI=1S/C25H19F2N3O5S/c1-36(34)17-5-2-13(3-6-17)18-8-14(4-7-21(18)35-16-11-30(12-16)25(32)33)23-28-20-10-15(26)9-19(27)22(20)24(31)29-23/h2-10,16H,11-12H2,1H3,(H,32,33)(H,28,29,31). The molecule has 0 spiro atoms. The molecule has 5 rings (SSSR count). The number of carbonyl (C=O) groups is 1. The molecular weight excluding hydrogens is 492 g/mol. The number of aromatic nitrogens is 2. The fraction of sp³-hybridized carbons (Fsp3) is 0.160. The minimum atomic E-state index is -1.17. The van der Waals surface area contributed by atoms with Crippen molar-refractivity contribution in [1.82, 2.24) is 14.9 Å². The minimum absolute atomic E-state index is 0.109. The van der Waals surface area contributed by atoms with Gasteiger partial charge in [-0.2, -0.15) is 0 Å². The van der Waals surface area contributed by atoms with Crippen LogP contribution in [-0.4, -0.2) is 56.1 Å². The quantitative estimate of drug-likeness (QED) is 0.391. The normalized spacial score (nSPS) is 14.5. The number of H-pyrrole nitrogens is 1. The molecule has 1 aliphatic rings. The second kappa shape index (κ2) is 9.25. The highest BCUT2D eigenvalue weighted by atomic mass is 32.2. The van der Waals surface area contributed by atoms with Crippen LogP contribution < -0.4 is 10.3 Å². The number of hydrogen-bond donors (Lipinski definition) is 2. The third-order valence-corrected chi connectivity index (χ3v) is 6.82. The van der Waals surface area contributed by atoms with E-state index < -0.39 is 34.5 Å². The number of carboxylic acid groups (broad SMARTS) is 1. The van der Waals surface area contributed by atoms with Crippen LogP contribution in [0.4, 0.5) is 13.6 Å². The Morgan fingerprint density at radius 2 is 1.83 bits per heavy atom. The largest absolute Gasteiger partial charge is 0.612 e. The smallest absolute Gasteiger partial charge is 0.407 e. The van der Waals surface area contributed by atoms with Crippen LogP contribution in [0.2, 0.25) is 0 Å². The van der Waals surface area contributed by atoms with Gasteiger partial charge in [-0.15, -0.1) is 0 Å². The van der Waals surface area contributed by atoms with Crippen molar-refractivity contribution < 1.29 is 28.0 Å². The number of ether oxygens (including phenoxy) is 1. The summed E-state index contributed by atoms with van der Waals surface area (Å²) in [4.78, 5) is 32.3. The van der Waals surface area contributed by atoms with Gasteiger partial charge in [-0.3, -0.25) is 4.79 Å². The molecule has 1 aromatic heterocycles. The molecule has 0 aliphatic carbocycles. The van der Waals surface area contributed by atoms with E-state index in [-0.39, 0.29) is 35.9 Å². The predicted molar refractivity (Wildman–Crippen MR) is 129 cm³/mol. The van der Waals surface area contributed by atoms with Crippen LogP contribution in [0.3, 0.4) is 0 Å². The zero-order valence-corrected chi connectivity index (χ0v) is 19.6. The van der Waals surface area contributed by atoms with Crippen molar-refractivity contribution in [3.63, 3.8) is 0 Å². The van der Waals surface area contributed by atoms with Crippen molar-refractivity contribution in [3.05, 3.63) is 76.6 Å². The zero-order valence-electron chi connectivity index (χ0n) is 18.8. The summed E-state index contributed by atoms with van der Waals surface area (Å²) in [7, 11) is 0. The van der Waals surface area contributed by atoms with E-state index in [4.69, 9.17) is 9.84 Å². The molecule has 1 unspecified atom stereocenters. The lowest BCUT2D eigenvalue weighted by atomic mass is 10.0. The van der Waals surface area contributed by atoms with Gasteiger partial charge in [0.15, 0.2) is 4.90 Å². The molecule has 1 amide bonds. The molecule has 8 nitrogen and oxygen atoms in total. The van der Waals surface area contributed by atoms with Gasteiger partial charge in [0.25, 0.3) is 5.56 Å². The first kappa shape index (κ1) is 23.8. The second-order valence-corrected chi connectivity index (χ2v) is 9.69. The highest BCUT2D eigenvalue weighted by Crippen LogP contribution is 2.35. The number of fused-ring (bicyclic) bond motifs is 1. The van der Waals surface area contributed by atoms with E-state index >= 15 is 0 Å². The summed E-state index contributed by atoms with van der Waals surface area (Å²) >= 11 is -1.17. The number of halogens is 2. The van der Waals surface area contributed by atoms with Crippen LogP contribution in [-0.2, 0) is 11.2 Å². The van der Waals surface area contributed by atoms with E-state index in [0.717, 1.165) is 11.6 Å². The average molecular weight is 512 g/mol. The van der Waals surface area contributed by atoms with E-state index in [1.54, 1.807) is 48.7 Å². The monoisotopic (exact) mass is 511 g/mol. The first-order chi connectivity index (χ1) is 17.2. The fourth-order valence-corrected chi connectivity index (χ4v) is 4.53. The van der Waals surface area contributed by atoms with E-state index in [2.05, 4.69) is 9.97 Å². The van der Waals surface area contributed by atoms with Crippen molar-refractivity contribution in [1.29, 1.82) is 0 Å². The van der Waals surface area contributed by atoms with Gasteiger partial charge in [-0.05, 0) is 59.2 Å². The Morgan fingerprint density at radius 1 is 1.14 bits per heavy atom. The van der Waals surface area contributed by atoms with Gasteiger partial charge in [0.2, 0.25) is 0 Å². The molecule has 2 N–H and O–H groups in total. The number of hydrogen-bond acceptors (Lipinski definition) is 5. The van der Waals surface area contributed by atoms with Gasteiger partial charge >= 0.3 is 6.09 Å². The van der Waals surface area contributed by atoms with Crippen LogP contribution in [0, 0.1) is 11.6 Å². The number of aromatic amines is 1. The molecular formula is C25H19F2N3O5S. The van der Waals surface area contributed by atoms with Gasteiger partial charge in [0, 0.05) is 23.3 Å². The number of benzene rings is 3. The Hall–Kier alpha value is -3.96. The summed E-state index contributed by atoms with van der Waals surface area (Å²) in [6, 6.07) is 13.6. The maximum absolute atomic E-state index is 14.1. The second-order valence-electron chi connectivity index (χ2n) is 8.31. The van der Waals surface area contributed by atoms with Crippen molar-refractivity contribution in [2.45, 2.75) is 11.0 Å². The molecule has 4 aromatic rings. The summed E-state index contributed by atoms with van der Waals surface area (Å²) in [5.41, 5.74) is 0.932. The highest BCUT2D eigenvalue weighted by molar-refractivity contribution is 7.90. The Labute approximate surface area is 206 Å². The number of rotatable bonds is 5. The molecule has 0 saturated carbocycles. The molecule has 1 fully saturated rings. The minimum Gasteiger partial charge on any atom is -0.612 e. The molecule has 1 aliphatic heterocycles. The number of nitrogens with one attached hydrogen (secondary N) is 1. The highest BCUT2D eigenvalue weighted by Gasteiger charge is 2.32. The summed E-state index contributed by atoms with van der Waals surface area (Å²) in [5, 5.41) is 8.74. The molecule has 11 heteroatoms. The summed E-state index contributed by atoms with van der Waals surface area (Å²) in [5.74, 6) is -1.27. The first-order valence-electron chi connectivity index (χ1n) is 10.8. The SMILES string of the molecule is C[S+]([O-])c1ccc(-c2cc(-c3nc4cc(F)cc(F)c4c(=O)[nH]3)ccc2OC2CN(C(=O)O)C2)cc1. The molecule has 1 saturated heterocycles. The van der Waals surface area contributed by atoms with Crippen molar-refractivity contribution >= 4 is 28.2 Å². The average Bonchev–Trinajstić information content (AvgIpc) is 2.80. The topological polar surface area (TPSA) is 119 Å². The third-order valence-electron chi connectivity index (χ3n) is 5.89. The lowest BCUT2D eigenvalue weighted by molar-refractivity contribution is 0.0255. The summed E-state index contributed by atoms with van der Waals surface area (Å²) < 4.78 is 45.7. The van der Waals surface area contributed by atoms with E-state index in [1.165, 1.54) is 4.90 Å². The van der Waals surface area contributed by atoms with Crippen LogP contribution >= 0.6 is 0 Å². The zero-order chi connectivity index (χ0) is 25.6. The molecule has 0 bridgehead atoms. The van der Waals surface area contributed by atoms with Crippen LogP contribution in [0.25, 0.3) is 33.4 Å². The molecule has 1 atom stereocenters. The fourth-order valence-electron chi connectivity index (χ4n) is 4.01. The Morgan fingerprint density at radius 3 is 2.50 bits per heavy atom. The van der Waals surface area contributed by atoms with Crippen molar-refractivity contribution in [2.24, 2.45) is 0 Å². The van der Waals surface area contributed by atoms with Gasteiger partial charge in [0.05, 0.1) is 18.6 Å². The van der Waals surface area contributed by atoms with E-state index in [1.807, 2.05) is 0 Å². The van der Waals surface area contributed by atoms with Crippen LogP contribution in [0.5, 0.6) is 5.75 Å². The lowest BCUT2D eigenvalue weighted by Crippen LogP contribution is -2.55. The Bertz CT molecular complexity index is 1540. The van der Waals surface area contributed by atoms with Gasteiger partial charge in [-0.25, -0.2) is 18.6 Å². The third kappa shape index (κ3) is 4.50. The Balaban J connectivity index is 1.58. The Kier molecular flexibility index (Phi) is 6.10. The molecule has 3 aromatic carbocycles. The van der Waals surface area contributed by atoms with Gasteiger partial charge in [0.1, 0.15) is 41.0 Å². The van der Waals surface area contributed by atoms with Gasteiger partial charge in [-0.1, -0.05) is 0 Å². The number of amides is 1. The molecule has 0 radical (unpaired) electrons. The van der Waals surface area contributed by atoms with Crippen LogP contribution in [0.1, 0.15) is 0 Å².